The minimum atomic E-state index is -0.0222. The second-order valence-electron chi connectivity index (χ2n) is 4.84. The number of ketones is 1. The molecule has 2 rings (SSSR count). The second-order valence-corrected chi connectivity index (χ2v) is 5.24. The smallest absolute Gasteiger partial charge is 0.185 e. The fraction of sp³-hybridized carbons (Fsp3) is 0.111. The fourth-order valence-corrected chi connectivity index (χ4v) is 2.06. The van der Waals surface area contributed by atoms with Gasteiger partial charge in [0.25, 0.3) is 0 Å². The standard InChI is InChI=1S/C18H18N2OS/c1-13-5-3-4-6-14(13)9-12-17(21)15-7-10-16(11-8-15)20-18(22)19-2/h3-12H,1-2H3,(H2,19,20,22)/b12-9+. The molecule has 22 heavy (non-hydrogen) atoms. The van der Waals surface area contributed by atoms with Crippen LogP contribution >= 0.6 is 12.2 Å². The Morgan fingerprint density at radius 3 is 2.41 bits per heavy atom. The summed E-state index contributed by atoms with van der Waals surface area (Å²) in [6.07, 6.45) is 3.45. The van der Waals surface area contributed by atoms with Crippen molar-refractivity contribution < 1.29 is 4.79 Å². The molecule has 0 fully saturated rings. The zero-order chi connectivity index (χ0) is 15.9. The van der Waals surface area contributed by atoms with Crippen LogP contribution in [0.5, 0.6) is 0 Å². The number of thiocarbonyl (C=S) groups is 1. The Kier molecular flexibility index (Phi) is 5.44. The summed E-state index contributed by atoms with van der Waals surface area (Å²) in [6, 6.07) is 15.2. The van der Waals surface area contributed by atoms with Crippen molar-refractivity contribution in [3.63, 3.8) is 0 Å². The SMILES string of the molecule is CNC(=S)Nc1ccc(C(=O)/C=C/c2ccccc2C)cc1. The van der Waals surface area contributed by atoms with E-state index in [1.807, 2.05) is 49.4 Å². The Bertz CT molecular complexity index is 705. The number of aryl methyl sites for hydroxylation is 1. The van der Waals surface area contributed by atoms with Gasteiger partial charge in [-0.1, -0.05) is 30.3 Å². The van der Waals surface area contributed by atoms with E-state index in [4.69, 9.17) is 12.2 Å². The molecule has 3 nitrogen and oxygen atoms in total. The minimum absolute atomic E-state index is 0.0222. The molecule has 0 unspecified atom stereocenters. The van der Waals surface area contributed by atoms with Gasteiger partial charge in [0.1, 0.15) is 0 Å². The fourth-order valence-electron chi connectivity index (χ4n) is 1.95. The van der Waals surface area contributed by atoms with Gasteiger partial charge in [-0.15, -0.1) is 0 Å². The first-order valence-corrected chi connectivity index (χ1v) is 7.38. The summed E-state index contributed by atoms with van der Waals surface area (Å²) in [5.74, 6) is -0.0222. The number of anilines is 1. The largest absolute Gasteiger partial charge is 0.366 e. The third-order valence-electron chi connectivity index (χ3n) is 3.26. The van der Waals surface area contributed by atoms with Crippen LogP contribution in [0.1, 0.15) is 21.5 Å². The molecule has 0 radical (unpaired) electrons. The van der Waals surface area contributed by atoms with Gasteiger partial charge in [-0.2, -0.15) is 0 Å². The van der Waals surface area contributed by atoms with E-state index >= 15 is 0 Å². The van der Waals surface area contributed by atoms with Crippen molar-refractivity contribution in [2.45, 2.75) is 6.92 Å². The molecule has 0 aliphatic heterocycles. The lowest BCUT2D eigenvalue weighted by Gasteiger charge is -2.07. The van der Waals surface area contributed by atoms with Crippen LogP contribution in [0.15, 0.2) is 54.6 Å². The van der Waals surface area contributed by atoms with Crippen LogP contribution in [-0.4, -0.2) is 17.9 Å². The van der Waals surface area contributed by atoms with Crippen LogP contribution in [0, 0.1) is 6.92 Å². The van der Waals surface area contributed by atoms with Crippen molar-refractivity contribution in [1.82, 2.24) is 5.32 Å². The number of nitrogens with one attached hydrogen (secondary N) is 2. The maximum atomic E-state index is 12.2. The van der Waals surface area contributed by atoms with Crippen LogP contribution in [-0.2, 0) is 0 Å². The van der Waals surface area contributed by atoms with Crippen LogP contribution < -0.4 is 10.6 Å². The molecule has 4 heteroatoms. The molecule has 0 saturated heterocycles. The molecule has 112 valence electrons. The first kappa shape index (κ1) is 15.9. The highest BCUT2D eigenvalue weighted by atomic mass is 32.1. The summed E-state index contributed by atoms with van der Waals surface area (Å²) in [5, 5.41) is 6.39. The van der Waals surface area contributed by atoms with Gasteiger partial charge in [0, 0.05) is 18.3 Å². The molecule has 2 aromatic carbocycles. The summed E-state index contributed by atoms with van der Waals surface area (Å²) >= 11 is 5.03. The number of hydrogen-bond donors (Lipinski definition) is 2. The normalized spacial score (nSPS) is 10.5. The van der Waals surface area contributed by atoms with Crippen molar-refractivity contribution in [2.75, 3.05) is 12.4 Å². The Hall–Kier alpha value is -2.46. The van der Waals surface area contributed by atoms with Crippen molar-refractivity contribution in [2.24, 2.45) is 0 Å². The van der Waals surface area contributed by atoms with Gasteiger partial charge in [-0.3, -0.25) is 4.79 Å². The number of allylic oxidation sites excluding steroid dienone is 1. The molecule has 2 aromatic rings. The van der Waals surface area contributed by atoms with E-state index < -0.39 is 0 Å². The summed E-state index contributed by atoms with van der Waals surface area (Å²) in [6.45, 7) is 2.02. The molecule has 0 bridgehead atoms. The predicted octanol–water partition coefficient (Wildman–Crippen LogP) is 3.81. The molecular weight excluding hydrogens is 292 g/mol. The van der Waals surface area contributed by atoms with E-state index in [0.29, 0.717) is 10.7 Å². The lowest BCUT2D eigenvalue weighted by Crippen LogP contribution is -2.24. The third kappa shape index (κ3) is 4.27. The maximum Gasteiger partial charge on any atom is 0.185 e. The van der Waals surface area contributed by atoms with E-state index in [2.05, 4.69) is 10.6 Å². The predicted molar refractivity (Wildman–Crippen MR) is 96.3 cm³/mol. The third-order valence-corrected chi connectivity index (χ3v) is 3.56. The molecule has 0 aliphatic carbocycles. The molecule has 0 atom stereocenters. The lowest BCUT2D eigenvalue weighted by molar-refractivity contribution is 0.104. The summed E-state index contributed by atoms with van der Waals surface area (Å²) in [7, 11) is 1.75. The minimum Gasteiger partial charge on any atom is -0.366 e. The van der Waals surface area contributed by atoms with Gasteiger partial charge in [0.15, 0.2) is 10.9 Å². The molecule has 0 amide bonds. The van der Waals surface area contributed by atoms with Gasteiger partial charge in [-0.25, -0.2) is 0 Å². The van der Waals surface area contributed by atoms with Crippen molar-refractivity contribution in [3.8, 4) is 0 Å². The van der Waals surface area contributed by atoms with Crippen LogP contribution in [0.3, 0.4) is 0 Å². The number of rotatable bonds is 4. The van der Waals surface area contributed by atoms with E-state index in [9.17, 15) is 4.79 Å². The highest BCUT2D eigenvalue weighted by molar-refractivity contribution is 7.80. The van der Waals surface area contributed by atoms with Crippen LogP contribution in [0.4, 0.5) is 5.69 Å². The Balaban J connectivity index is 2.07. The summed E-state index contributed by atoms with van der Waals surface area (Å²) < 4.78 is 0. The van der Waals surface area contributed by atoms with Gasteiger partial charge < -0.3 is 10.6 Å². The molecule has 0 saturated carbocycles. The average molecular weight is 310 g/mol. The van der Waals surface area contributed by atoms with Gasteiger partial charge >= 0.3 is 0 Å². The molecule has 0 aromatic heterocycles. The first-order valence-electron chi connectivity index (χ1n) is 6.97. The molecule has 0 heterocycles. The zero-order valence-corrected chi connectivity index (χ0v) is 13.4. The van der Waals surface area contributed by atoms with Crippen LogP contribution in [0.2, 0.25) is 0 Å². The maximum absolute atomic E-state index is 12.2. The molecular formula is C18H18N2OS. The topological polar surface area (TPSA) is 41.1 Å². The van der Waals surface area contributed by atoms with Crippen molar-refractivity contribution in [1.29, 1.82) is 0 Å². The highest BCUT2D eigenvalue weighted by Gasteiger charge is 2.03. The van der Waals surface area contributed by atoms with E-state index in [1.54, 1.807) is 25.3 Å². The van der Waals surface area contributed by atoms with E-state index in [1.165, 1.54) is 0 Å². The molecule has 0 spiro atoms. The lowest BCUT2D eigenvalue weighted by atomic mass is 10.1. The highest BCUT2D eigenvalue weighted by Crippen LogP contribution is 2.13. The van der Waals surface area contributed by atoms with Crippen LogP contribution in [0.25, 0.3) is 6.08 Å². The number of hydrogen-bond acceptors (Lipinski definition) is 2. The monoisotopic (exact) mass is 310 g/mol. The van der Waals surface area contributed by atoms with Gasteiger partial charge in [0.2, 0.25) is 0 Å². The van der Waals surface area contributed by atoms with Crippen molar-refractivity contribution >= 4 is 34.9 Å². The average Bonchev–Trinajstić information content (AvgIpc) is 2.54. The van der Waals surface area contributed by atoms with E-state index in [-0.39, 0.29) is 5.78 Å². The van der Waals surface area contributed by atoms with Gasteiger partial charge in [-0.05, 0) is 60.6 Å². The number of carbonyl (C=O) groups is 1. The summed E-state index contributed by atoms with van der Waals surface area (Å²) in [5.41, 5.74) is 3.68. The quantitative estimate of drug-likeness (QED) is 0.512. The van der Waals surface area contributed by atoms with E-state index in [0.717, 1.165) is 16.8 Å². The molecule has 2 N–H and O–H groups in total. The second kappa shape index (κ2) is 7.52. The Morgan fingerprint density at radius 2 is 1.77 bits per heavy atom. The zero-order valence-electron chi connectivity index (χ0n) is 12.6. The van der Waals surface area contributed by atoms with Crippen molar-refractivity contribution in [3.05, 3.63) is 71.3 Å². The summed E-state index contributed by atoms with van der Waals surface area (Å²) in [4.78, 5) is 12.2. The van der Waals surface area contributed by atoms with Gasteiger partial charge in [0.05, 0.1) is 0 Å². The first-order chi connectivity index (χ1) is 10.6. The Labute approximate surface area is 136 Å². The Morgan fingerprint density at radius 1 is 1.09 bits per heavy atom. The number of benzene rings is 2. The number of carbonyl (C=O) groups excluding carboxylic acids is 1. The molecule has 0 aliphatic rings.